The molecule has 0 radical (unpaired) electrons. The van der Waals surface area contributed by atoms with Gasteiger partial charge in [-0.05, 0) is 19.4 Å². The van der Waals surface area contributed by atoms with Gasteiger partial charge in [0.15, 0.2) is 0 Å². The van der Waals surface area contributed by atoms with Crippen LogP contribution < -0.4 is 5.32 Å². The summed E-state index contributed by atoms with van der Waals surface area (Å²) in [6, 6.07) is 9.84. The van der Waals surface area contributed by atoms with E-state index in [9.17, 15) is 9.59 Å². The van der Waals surface area contributed by atoms with Crippen LogP contribution in [0, 0.1) is 5.92 Å². The average molecular weight is 260 g/mol. The summed E-state index contributed by atoms with van der Waals surface area (Å²) in [6.45, 7) is 4.46. The number of carbonyl (C=O) groups excluding carboxylic acids is 2. The molecule has 2 amide bonds. The lowest BCUT2D eigenvalue weighted by atomic mass is 9.93. The van der Waals surface area contributed by atoms with Crippen LogP contribution in [0.15, 0.2) is 30.3 Å². The van der Waals surface area contributed by atoms with E-state index in [1.165, 1.54) is 0 Å². The predicted octanol–water partition coefficient (Wildman–Crippen LogP) is 1.52. The molecular weight excluding hydrogens is 240 g/mol. The van der Waals surface area contributed by atoms with Crippen LogP contribution in [-0.4, -0.2) is 30.3 Å². The Kier molecular flexibility index (Phi) is 3.60. The Morgan fingerprint density at radius 3 is 2.47 bits per heavy atom. The van der Waals surface area contributed by atoms with Crippen LogP contribution in [0.3, 0.4) is 0 Å². The Bertz CT molecular complexity index is 482. The molecule has 1 N–H and O–H groups in total. The monoisotopic (exact) mass is 260 g/mol. The van der Waals surface area contributed by atoms with Crippen molar-refractivity contribution < 1.29 is 9.59 Å². The molecule has 102 valence electrons. The first kappa shape index (κ1) is 13.6. The summed E-state index contributed by atoms with van der Waals surface area (Å²) >= 11 is 0. The second-order valence-electron chi connectivity index (χ2n) is 5.66. The van der Waals surface area contributed by atoms with Crippen LogP contribution in [0.1, 0.15) is 25.8 Å². The number of hydrogen-bond donors (Lipinski definition) is 1. The van der Waals surface area contributed by atoms with Gasteiger partial charge < -0.3 is 10.2 Å². The largest absolute Gasteiger partial charge is 0.347 e. The van der Waals surface area contributed by atoms with E-state index in [0.29, 0.717) is 13.0 Å². The van der Waals surface area contributed by atoms with Gasteiger partial charge >= 0.3 is 0 Å². The highest BCUT2D eigenvalue weighted by atomic mass is 16.2. The fourth-order valence-electron chi connectivity index (χ4n) is 2.38. The molecule has 1 fully saturated rings. The number of likely N-dealkylation sites (tertiary alicyclic amines) is 1. The molecule has 0 aromatic heterocycles. The third-order valence-electron chi connectivity index (χ3n) is 3.64. The molecule has 0 bridgehead atoms. The van der Waals surface area contributed by atoms with Gasteiger partial charge in [0, 0.05) is 20.0 Å². The number of benzene rings is 1. The molecule has 4 heteroatoms. The van der Waals surface area contributed by atoms with Crippen molar-refractivity contribution in [1.29, 1.82) is 0 Å². The zero-order chi connectivity index (χ0) is 14.0. The maximum atomic E-state index is 12.2. The lowest BCUT2D eigenvalue weighted by Crippen LogP contribution is -2.44. The van der Waals surface area contributed by atoms with Crippen molar-refractivity contribution in [3.05, 3.63) is 35.9 Å². The Hall–Kier alpha value is -1.84. The molecular formula is C15H20N2O2. The molecule has 1 unspecified atom stereocenters. The van der Waals surface area contributed by atoms with Gasteiger partial charge in [-0.2, -0.15) is 0 Å². The van der Waals surface area contributed by atoms with Crippen molar-refractivity contribution in [2.75, 3.05) is 13.6 Å². The van der Waals surface area contributed by atoms with E-state index in [4.69, 9.17) is 0 Å². The molecule has 1 aliphatic rings. The third-order valence-corrected chi connectivity index (χ3v) is 3.64. The molecule has 2 rings (SSSR count). The van der Waals surface area contributed by atoms with E-state index in [1.807, 2.05) is 44.2 Å². The van der Waals surface area contributed by atoms with Crippen LogP contribution in [0.4, 0.5) is 0 Å². The van der Waals surface area contributed by atoms with Gasteiger partial charge in [0.2, 0.25) is 11.8 Å². The number of rotatable bonds is 3. The Balaban J connectivity index is 2.05. The smallest absolute Gasteiger partial charge is 0.226 e. The van der Waals surface area contributed by atoms with Gasteiger partial charge in [-0.15, -0.1) is 0 Å². The molecule has 1 atom stereocenters. The van der Waals surface area contributed by atoms with Gasteiger partial charge in [-0.3, -0.25) is 9.59 Å². The van der Waals surface area contributed by atoms with Crippen molar-refractivity contribution in [3.8, 4) is 0 Å². The molecule has 1 saturated heterocycles. The molecule has 1 aromatic rings. The highest BCUT2D eigenvalue weighted by Gasteiger charge is 2.34. The molecule has 4 nitrogen and oxygen atoms in total. The molecule has 1 aromatic carbocycles. The topological polar surface area (TPSA) is 49.4 Å². The maximum Gasteiger partial charge on any atom is 0.226 e. The van der Waals surface area contributed by atoms with Crippen LogP contribution in [0.5, 0.6) is 0 Å². The van der Waals surface area contributed by atoms with Crippen LogP contribution >= 0.6 is 0 Å². The summed E-state index contributed by atoms with van der Waals surface area (Å²) in [4.78, 5) is 25.3. The summed E-state index contributed by atoms with van der Waals surface area (Å²) in [7, 11) is 1.73. The van der Waals surface area contributed by atoms with Crippen LogP contribution in [0.25, 0.3) is 0 Å². The predicted molar refractivity (Wildman–Crippen MR) is 73.4 cm³/mol. The fourth-order valence-corrected chi connectivity index (χ4v) is 2.38. The average Bonchev–Trinajstić information content (AvgIpc) is 2.70. The zero-order valence-corrected chi connectivity index (χ0v) is 11.6. The maximum absolute atomic E-state index is 12.2. The second kappa shape index (κ2) is 5.03. The first-order valence-corrected chi connectivity index (χ1v) is 6.51. The Labute approximate surface area is 113 Å². The summed E-state index contributed by atoms with van der Waals surface area (Å²) in [5.41, 5.74) is 0.628. The molecule has 0 spiro atoms. The third kappa shape index (κ3) is 2.95. The number of nitrogens with one attached hydrogen (secondary N) is 1. The number of amides is 2. The van der Waals surface area contributed by atoms with Gasteiger partial charge in [-0.25, -0.2) is 0 Å². The van der Waals surface area contributed by atoms with Gasteiger partial charge in [0.25, 0.3) is 0 Å². The quantitative estimate of drug-likeness (QED) is 0.895. The fraction of sp³-hybridized carbons (Fsp3) is 0.467. The molecule has 1 aliphatic heterocycles. The van der Waals surface area contributed by atoms with E-state index in [2.05, 4.69) is 5.32 Å². The number of hydrogen-bond acceptors (Lipinski definition) is 2. The van der Waals surface area contributed by atoms with E-state index >= 15 is 0 Å². The first-order chi connectivity index (χ1) is 8.90. The number of carbonyl (C=O) groups is 2. The lowest BCUT2D eigenvalue weighted by Gasteiger charge is -2.28. The van der Waals surface area contributed by atoms with E-state index in [-0.39, 0.29) is 17.7 Å². The molecule has 0 saturated carbocycles. The second-order valence-corrected chi connectivity index (χ2v) is 5.66. The van der Waals surface area contributed by atoms with Crippen molar-refractivity contribution in [2.24, 2.45) is 5.92 Å². The SMILES string of the molecule is CN1CC(C(=O)NC(C)(C)c2ccccc2)CC1=O. The lowest BCUT2D eigenvalue weighted by molar-refractivity contribution is -0.129. The van der Waals surface area contributed by atoms with Crippen LogP contribution in [-0.2, 0) is 15.1 Å². The molecule has 19 heavy (non-hydrogen) atoms. The summed E-state index contributed by atoms with van der Waals surface area (Å²) < 4.78 is 0. The summed E-state index contributed by atoms with van der Waals surface area (Å²) in [5.74, 6) is -0.246. The highest BCUT2D eigenvalue weighted by Crippen LogP contribution is 2.22. The van der Waals surface area contributed by atoms with Crippen molar-refractivity contribution in [2.45, 2.75) is 25.8 Å². The Morgan fingerprint density at radius 1 is 1.32 bits per heavy atom. The van der Waals surface area contributed by atoms with Crippen molar-refractivity contribution >= 4 is 11.8 Å². The molecule has 0 aliphatic carbocycles. The zero-order valence-electron chi connectivity index (χ0n) is 11.6. The van der Waals surface area contributed by atoms with E-state index in [0.717, 1.165) is 5.56 Å². The highest BCUT2D eigenvalue weighted by molar-refractivity contribution is 5.89. The Morgan fingerprint density at radius 2 is 1.95 bits per heavy atom. The van der Waals surface area contributed by atoms with Crippen LogP contribution in [0.2, 0.25) is 0 Å². The van der Waals surface area contributed by atoms with E-state index < -0.39 is 5.54 Å². The van der Waals surface area contributed by atoms with Gasteiger partial charge in [-0.1, -0.05) is 30.3 Å². The summed E-state index contributed by atoms with van der Waals surface area (Å²) in [6.07, 6.45) is 0.313. The van der Waals surface area contributed by atoms with E-state index in [1.54, 1.807) is 11.9 Å². The molecule has 1 heterocycles. The van der Waals surface area contributed by atoms with Crippen molar-refractivity contribution in [1.82, 2.24) is 10.2 Å². The minimum absolute atomic E-state index is 0.0395. The minimum Gasteiger partial charge on any atom is -0.347 e. The normalized spacial score (nSPS) is 19.6. The number of nitrogens with zero attached hydrogens (tertiary/aromatic N) is 1. The standard InChI is InChI=1S/C15H20N2O2/c1-15(2,12-7-5-4-6-8-12)16-14(19)11-9-13(18)17(3)10-11/h4-8,11H,9-10H2,1-3H3,(H,16,19). The van der Waals surface area contributed by atoms with Crippen molar-refractivity contribution in [3.63, 3.8) is 0 Å². The summed E-state index contributed by atoms with van der Waals surface area (Å²) in [5, 5.41) is 3.04. The van der Waals surface area contributed by atoms with Gasteiger partial charge in [0.1, 0.15) is 0 Å². The minimum atomic E-state index is -0.428. The van der Waals surface area contributed by atoms with Gasteiger partial charge in [0.05, 0.1) is 11.5 Å². The first-order valence-electron chi connectivity index (χ1n) is 6.51.